The van der Waals surface area contributed by atoms with Gasteiger partial charge in [0.15, 0.2) is 0 Å². The summed E-state index contributed by atoms with van der Waals surface area (Å²) in [6, 6.07) is 6.73. The Hall–Kier alpha value is -3.24. The first-order valence-electron chi connectivity index (χ1n) is 7.43. The lowest BCUT2D eigenvalue weighted by Crippen LogP contribution is -2.37. The number of aromatic carboxylic acids is 1. The Labute approximate surface area is 151 Å². The second-order valence-corrected chi connectivity index (χ2v) is 6.24. The van der Waals surface area contributed by atoms with Crippen LogP contribution in [0.15, 0.2) is 40.2 Å². The third-order valence-corrected chi connectivity index (χ3v) is 4.34. The molecular formula is C16H14N4O5S. The van der Waals surface area contributed by atoms with Gasteiger partial charge in [-0.2, -0.15) is 4.98 Å². The Morgan fingerprint density at radius 3 is 2.69 bits per heavy atom. The molecule has 0 bridgehead atoms. The molecule has 0 saturated carbocycles. The van der Waals surface area contributed by atoms with E-state index in [2.05, 4.69) is 15.5 Å². The molecule has 0 radical (unpaired) electrons. The van der Waals surface area contributed by atoms with Crippen LogP contribution in [0.1, 0.15) is 15.6 Å². The number of phenolic OH excluding ortho intramolecular Hbond substituents is 1. The van der Waals surface area contributed by atoms with Crippen molar-refractivity contribution in [3.8, 4) is 17.1 Å². The molecule has 10 heteroatoms. The van der Waals surface area contributed by atoms with Crippen molar-refractivity contribution >= 4 is 28.9 Å². The number of aromatic hydroxyl groups is 1. The number of carbonyl (C=O) groups is 2. The lowest BCUT2D eigenvalue weighted by Gasteiger charge is -2.09. The minimum Gasteiger partial charge on any atom is -0.508 e. The quantitative estimate of drug-likeness (QED) is 0.509. The maximum Gasteiger partial charge on any atom is 0.348 e. The Morgan fingerprint density at radius 1 is 1.27 bits per heavy atom. The number of anilines is 1. The van der Waals surface area contributed by atoms with E-state index in [0.717, 1.165) is 11.3 Å². The summed E-state index contributed by atoms with van der Waals surface area (Å²) >= 11 is 1.00. The van der Waals surface area contributed by atoms with Crippen LogP contribution >= 0.6 is 11.3 Å². The molecule has 9 nitrogen and oxygen atoms in total. The zero-order chi connectivity index (χ0) is 18.7. The van der Waals surface area contributed by atoms with Gasteiger partial charge in [0.2, 0.25) is 17.6 Å². The summed E-state index contributed by atoms with van der Waals surface area (Å²) in [5, 5.41) is 26.2. The molecule has 0 spiro atoms. The maximum atomic E-state index is 12.2. The van der Waals surface area contributed by atoms with Crippen molar-refractivity contribution in [2.45, 2.75) is 12.5 Å². The molecule has 2 heterocycles. The summed E-state index contributed by atoms with van der Waals surface area (Å²) in [7, 11) is 0. The molecule has 3 rings (SSSR count). The molecule has 1 aromatic carbocycles. The maximum absolute atomic E-state index is 12.2. The first kappa shape index (κ1) is 17.6. The molecule has 0 fully saturated rings. The predicted octanol–water partition coefficient (Wildman–Crippen LogP) is 1.71. The fourth-order valence-electron chi connectivity index (χ4n) is 2.15. The molecule has 1 atom stereocenters. The first-order valence-corrected chi connectivity index (χ1v) is 8.31. The lowest BCUT2D eigenvalue weighted by molar-refractivity contribution is -0.117. The van der Waals surface area contributed by atoms with Crippen LogP contribution in [0, 0.1) is 0 Å². The zero-order valence-electron chi connectivity index (χ0n) is 13.2. The summed E-state index contributed by atoms with van der Waals surface area (Å²) in [5.74, 6) is -1.10. The number of aromatic nitrogens is 2. The average Bonchev–Trinajstić information content (AvgIpc) is 3.25. The van der Waals surface area contributed by atoms with Crippen LogP contribution < -0.4 is 11.1 Å². The Balaban J connectivity index is 1.65. The minimum atomic E-state index is -1.13. The van der Waals surface area contributed by atoms with Crippen molar-refractivity contribution in [2.75, 3.05) is 5.32 Å². The standard InChI is InChI=1S/C16H14N4O5S/c17-10(15(22)18-11-5-6-26-13(11)16(23)24)7-12-19-14(20-25-12)8-1-3-9(21)4-2-8/h1-6,10,21H,7,17H2,(H,18,22)(H,23,24). The normalized spacial score (nSPS) is 11.9. The van der Waals surface area contributed by atoms with Gasteiger partial charge in [0.25, 0.3) is 0 Å². The van der Waals surface area contributed by atoms with Gasteiger partial charge in [-0.3, -0.25) is 4.79 Å². The topological polar surface area (TPSA) is 152 Å². The van der Waals surface area contributed by atoms with E-state index >= 15 is 0 Å². The third-order valence-electron chi connectivity index (χ3n) is 3.44. The number of thiophene rings is 1. The largest absolute Gasteiger partial charge is 0.508 e. The molecule has 1 amide bonds. The summed E-state index contributed by atoms with van der Waals surface area (Å²) in [6.07, 6.45) is -0.0105. The smallest absolute Gasteiger partial charge is 0.348 e. The number of carboxylic acids is 1. The van der Waals surface area contributed by atoms with Crippen LogP contribution in [0.2, 0.25) is 0 Å². The number of carboxylic acid groups (broad SMARTS) is 1. The molecule has 134 valence electrons. The van der Waals surface area contributed by atoms with E-state index in [4.69, 9.17) is 15.4 Å². The average molecular weight is 374 g/mol. The van der Waals surface area contributed by atoms with E-state index in [0.29, 0.717) is 11.4 Å². The second kappa shape index (κ2) is 7.33. The van der Waals surface area contributed by atoms with Gasteiger partial charge in [0.05, 0.1) is 18.2 Å². The first-order chi connectivity index (χ1) is 12.4. The molecule has 3 aromatic rings. The molecule has 1 unspecified atom stereocenters. The number of phenols is 1. The van der Waals surface area contributed by atoms with Crippen LogP contribution in [-0.2, 0) is 11.2 Å². The SMILES string of the molecule is NC(Cc1nc(-c2ccc(O)cc2)no1)C(=O)Nc1ccsc1C(=O)O. The molecule has 5 N–H and O–H groups in total. The predicted molar refractivity (Wildman–Crippen MR) is 93.0 cm³/mol. The number of nitrogens with one attached hydrogen (secondary N) is 1. The van der Waals surface area contributed by atoms with Gasteiger partial charge in [0.1, 0.15) is 10.6 Å². The Kier molecular flexibility index (Phi) is 4.96. The summed E-state index contributed by atoms with van der Waals surface area (Å²) in [6.45, 7) is 0. The fraction of sp³-hybridized carbons (Fsp3) is 0.125. The van der Waals surface area contributed by atoms with Crippen molar-refractivity contribution in [2.24, 2.45) is 5.73 Å². The zero-order valence-corrected chi connectivity index (χ0v) is 14.1. The van der Waals surface area contributed by atoms with Crippen LogP contribution in [-0.4, -0.2) is 38.3 Å². The number of nitrogens with two attached hydrogens (primary N) is 1. The summed E-state index contributed by atoms with van der Waals surface area (Å²) < 4.78 is 5.09. The highest BCUT2D eigenvalue weighted by atomic mass is 32.1. The number of amides is 1. The highest BCUT2D eigenvalue weighted by Crippen LogP contribution is 2.22. The number of rotatable bonds is 6. The van der Waals surface area contributed by atoms with Gasteiger partial charge in [-0.25, -0.2) is 4.79 Å². The van der Waals surface area contributed by atoms with E-state index in [1.54, 1.807) is 17.5 Å². The number of benzene rings is 1. The number of nitrogens with zero attached hydrogens (tertiary/aromatic N) is 2. The second-order valence-electron chi connectivity index (χ2n) is 5.33. The highest BCUT2D eigenvalue weighted by Gasteiger charge is 2.21. The molecule has 0 aliphatic carbocycles. The van der Waals surface area contributed by atoms with Crippen molar-refractivity contribution < 1.29 is 24.3 Å². The van der Waals surface area contributed by atoms with E-state index in [1.807, 2.05) is 0 Å². The fourth-order valence-corrected chi connectivity index (χ4v) is 2.83. The van der Waals surface area contributed by atoms with Crippen LogP contribution in [0.3, 0.4) is 0 Å². The van der Waals surface area contributed by atoms with Crippen LogP contribution in [0.5, 0.6) is 5.75 Å². The molecule has 0 aliphatic heterocycles. The summed E-state index contributed by atoms with van der Waals surface area (Å²) in [5.41, 5.74) is 6.67. The van der Waals surface area contributed by atoms with Crippen molar-refractivity contribution in [1.82, 2.24) is 10.1 Å². The van der Waals surface area contributed by atoms with E-state index in [-0.39, 0.29) is 28.6 Å². The van der Waals surface area contributed by atoms with Crippen molar-refractivity contribution in [3.05, 3.63) is 46.5 Å². The summed E-state index contributed by atoms with van der Waals surface area (Å²) in [4.78, 5) is 27.4. The monoisotopic (exact) mass is 374 g/mol. The third kappa shape index (κ3) is 3.87. The molecule has 0 aliphatic rings. The van der Waals surface area contributed by atoms with Gasteiger partial charge in [-0.1, -0.05) is 5.16 Å². The molecule has 2 aromatic heterocycles. The van der Waals surface area contributed by atoms with Gasteiger partial charge in [-0.15, -0.1) is 11.3 Å². The van der Waals surface area contributed by atoms with Gasteiger partial charge < -0.3 is 25.8 Å². The Morgan fingerprint density at radius 2 is 2.00 bits per heavy atom. The molecule has 26 heavy (non-hydrogen) atoms. The molecular weight excluding hydrogens is 360 g/mol. The highest BCUT2D eigenvalue weighted by molar-refractivity contribution is 7.12. The lowest BCUT2D eigenvalue weighted by atomic mass is 10.2. The van der Waals surface area contributed by atoms with E-state index in [9.17, 15) is 14.7 Å². The van der Waals surface area contributed by atoms with Gasteiger partial charge in [-0.05, 0) is 35.7 Å². The van der Waals surface area contributed by atoms with Crippen LogP contribution in [0.4, 0.5) is 5.69 Å². The number of hydrogen-bond acceptors (Lipinski definition) is 8. The molecule has 0 saturated heterocycles. The van der Waals surface area contributed by atoms with Crippen molar-refractivity contribution in [3.63, 3.8) is 0 Å². The minimum absolute atomic E-state index is 0.0105. The van der Waals surface area contributed by atoms with Gasteiger partial charge in [0, 0.05) is 5.56 Å². The van der Waals surface area contributed by atoms with Gasteiger partial charge >= 0.3 is 5.97 Å². The van der Waals surface area contributed by atoms with E-state index < -0.39 is 17.9 Å². The Bertz CT molecular complexity index is 934. The van der Waals surface area contributed by atoms with E-state index in [1.165, 1.54) is 18.2 Å². The van der Waals surface area contributed by atoms with Crippen LogP contribution in [0.25, 0.3) is 11.4 Å². The van der Waals surface area contributed by atoms with Crippen molar-refractivity contribution in [1.29, 1.82) is 0 Å². The number of carbonyl (C=O) groups excluding carboxylic acids is 1. The number of hydrogen-bond donors (Lipinski definition) is 4.